The molecule has 20 heavy (non-hydrogen) atoms. The normalized spacial score (nSPS) is 29.4. The van der Waals surface area contributed by atoms with Crippen LogP contribution < -0.4 is 5.32 Å². The molecule has 2 aliphatic rings. The Morgan fingerprint density at radius 3 is 2.45 bits per heavy atom. The van der Waals surface area contributed by atoms with Crippen molar-refractivity contribution in [2.24, 2.45) is 5.41 Å². The highest BCUT2D eigenvalue weighted by molar-refractivity contribution is 5.67. The maximum Gasteiger partial charge on any atom is 0.407 e. The molecule has 0 radical (unpaired) electrons. The molecule has 0 saturated carbocycles. The van der Waals surface area contributed by atoms with Crippen molar-refractivity contribution < 1.29 is 14.3 Å². The first-order valence-corrected chi connectivity index (χ1v) is 7.65. The second-order valence-corrected chi connectivity index (χ2v) is 6.87. The predicted octanol–water partition coefficient (Wildman–Crippen LogP) is 2.01. The molecule has 1 N–H and O–H groups in total. The van der Waals surface area contributed by atoms with Gasteiger partial charge in [0, 0.05) is 32.8 Å². The average Bonchev–Trinajstić information content (AvgIpc) is 2.83. The van der Waals surface area contributed by atoms with Crippen molar-refractivity contribution in [2.75, 3.05) is 26.8 Å². The van der Waals surface area contributed by atoms with Gasteiger partial charge in [0.25, 0.3) is 0 Å². The molecule has 0 bridgehead atoms. The molecule has 1 unspecified atom stereocenters. The van der Waals surface area contributed by atoms with Gasteiger partial charge >= 0.3 is 6.09 Å². The van der Waals surface area contributed by atoms with Crippen molar-refractivity contribution >= 4 is 6.09 Å². The summed E-state index contributed by atoms with van der Waals surface area (Å²) in [5, 5.41) is 2.56. The molecule has 1 amide bonds. The van der Waals surface area contributed by atoms with Crippen LogP contribution in [0.15, 0.2) is 0 Å². The molecule has 0 spiro atoms. The van der Waals surface area contributed by atoms with Crippen molar-refractivity contribution in [1.82, 2.24) is 10.2 Å². The average molecular weight is 284 g/mol. The lowest BCUT2D eigenvalue weighted by Crippen LogP contribution is -2.52. The summed E-state index contributed by atoms with van der Waals surface area (Å²) in [4.78, 5) is 14.1. The van der Waals surface area contributed by atoms with E-state index in [4.69, 9.17) is 9.47 Å². The number of likely N-dealkylation sites (tertiary alicyclic amines) is 1. The van der Waals surface area contributed by atoms with E-state index < -0.39 is 0 Å². The van der Waals surface area contributed by atoms with Crippen molar-refractivity contribution in [3.8, 4) is 0 Å². The zero-order valence-electron chi connectivity index (χ0n) is 13.1. The zero-order valence-corrected chi connectivity index (χ0v) is 13.1. The summed E-state index contributed by atoms with van der Waals surface area (Å²) >= 11 is 0. The van der Waals surface area contributed by atoms with E-state index in [2.05, 4.69) is 31.0 Å². The molecule has 0 aromatic carbocycles. The van der Waals surface area contributed by atoms with E-state index in [1.807, 2.05) is 0 Å². The summed E-state index contributed by atoms with van der Waals surface area (Å²) in [6.07, 6.45) is 2.75. The summed E-state index contributed by atoms with van der Waals surface area (Å²) in [5.74, 6) is 0. The fourth-order valence-corrected chi connectivity index (χ4v) is 3.59. The van der Waals surface area contributed by atoms with Crippen LogP contribution in [-0.4, -0.2) is 56.0 Å². The topological polar surface area (TPSA) is 50.8 Å². The third kappa shape index (κ3) is 3.44. The third-order valence-electron chi connectivity index (χ3n) is 4.39. The largest absolute Gasteiger partial charge is 0.445 e. The van der Waals surface area contributed by atoms with E-state index in [1.54, 1.807) is 7.05 Å². The molecule has 2 saturated heterocycles. The lowest BCUT2D eigenvalue weighted by molar-refractivity contribution is -0.0203. The Morgan fingerprint density at radius 2 is 1.90 bits per heavy atom. The highest BCUT2D eigenvalue weighted by Gasteiger charge is 2.46. The molecule has 0 aromatic rings. The van der Waals surface area contributed by atoms with Crippen LogP contribution in [0.25, 0.3) is 0 Å². The SMILES string of the molecule is CNC(=O)OC1CCN(C2CCOCC2)[C@@H]1C(C)(C)C. The van der Waals surface area contributed by atoms with Gasteiger partial charge in [-0.3, -0.25) is 4.90 Å². The van der Waals surface area contributed by atoms with Gasteiger partial charge in [-0.25, -0.2) is 4.79 Å². The van der Waals surface area contributed by atoms with Crippen LogP contribution >= 0.6 is 0 Å². The maximum atomic E-state index is 11.6. The smallest absolute Gasteiger partial charge is 0.407 e. The Hall–Kier alpha value is -0.810. The van der Waals surface area contributed by atoms with E-state index in [0.717, 1.165) is 39.0 Å². The highest BCUT2D eigenvalue weighted by atomic mass is 16.6. The Labute approximate surface area is 122 Å². The summed E-state index contributed by atoms with van der Waals surface area (Å²) in [5.41, 5.74) is 0.0908. The number of ether oxygens (including phenoxy) is 2. The number of alkyl carbamates (subject to hydrolysis) is 1. The second-order valence-electron chi connectivity index (χ2n) is 6.87. The lowest BCUT2D eigenvalue weighted by Gasteiger charge is -2.42. The van der Waals surface area contributed by atoms with Crippen LogP contribution in [-0.2, 0) is 9.47 Å². The van der Waals surface area contributed by atoms with E-state index in [-0.39, 0.29) is 23.7 Å². The summed E-state index contributed by atoms with van der Waals surface area (Å²) < 4.78 is 11.1. The third-order valence-corrected chi connectivity index (χ3v) is 4.39. The number of hydrogen-bond donors (Lipinski definition) is 1. The summed E-state index contributed by atoms with van der Waals surface area (Å²) in [6.45, 7) is 9.40. The van der Waals surface area contributed by atoms with Gasteiger partial charge in [0.15, 0.2) is 0 Å². The van der Waals surface area contributed by atoms with Crippen LogP contribution in [0.4, 0.5) is 4.79 Å². The summed E-state index contributed by atoms with van der Waals surface area (Å²) in [6, 6.07) is 0.842. The van der Waals surface area contributed by atoms with E-state index in [0.29, 0.717) is 6.04 Å². The van der Waals surface area contributed by atoms with Gasteiger partial charge < -0.3 is 14.8 Å². The standard InChI is InChI=1S/C15H28N2O3/c1-15(2,3)13-12(20-14(18)16-4)5-8-17(13)11-6-9-19-10-7-11/h11-13H,5-10H2,1-4H3,(H,16,18)/t12?,13-/m0/s1. The molecular weight excluding hydrogens is 256 g/mol. The molecule has 2 atom stereocenters. The molecule has 2 rings (SSSR count). The van der Waals surface area contributed by atoms with Crippen molar-refractivity contribution in [1.29, 1.82) is 0 Å². The van der Waals surface area contributed by atoms with Gasteiger partial charge in [0.2, 0.25) is 0 Å². The zero-order chi connectivity index (χ0) is 14.8. The molecule has 5 heteroatoms. The Morgan fingerprint density at radius 1 is 1.25 bits per heavy atom. The number of nitrogens with zero attached hydrogens (tertiary/aromatic N) is 1. The minimum Gasteiger partial charge on any atom is -0.445 e. The number of carbonyl (C=O) groups is 1. The molecule has 0 aromatic heterocycles. The van der Waals surface area contributed by atoms with Crippen LogP contribution in [0, 0.1) is 5.41 Å². The van der Waals surface area contributed by atoms with Gasteiger partial charge in [-0.2, -0.15) is 0 Å². The molecule has 2 fully saturated rings. The monoisotopic (exact) mass is 284 g/mol. The molecular formula is C15H28N2O3. The fraction of sp³-hybridized carbons (Fsp3) is 0.933. The molecule has 5 nitrogen and oxygen atoms in total. The van der Waals surface area contributed by atoms with Crippen LogP contribution in [0.5, 0.6) is 0 Å². The Kier molecular flexibility index (Phi) is 4.91. The van der Waals surface area contributed by atoms with E-state index in [9.17, 15) is 4.79 Å². The van der Waals surface area contributed by atoms with Crippen molar-refractivity contribution in [3.63, 3.8) is 0 Å². The molecule has 2 heterocycles. The first kappa shape index (κ1) is 15.6. The Bertz CT molecular complexity index is 335. The Balaban J connectivity index is 2.10. The van der Waals surface area contributed by atoms with Gasteiger partial charge in [-0.05, 0) is 24.7 Å². The van der Waals surface area contributed by atoms with E-state index >= 15 is 0 Å². The fourth-order valence-electron chi connectivity index (χ4n) is 3.59. The molecule has 2 aliphatic heterocycles. The number of hydrogen-bond acceptors (Lipinski definition) is 4. The minimum absolute atomic E-state index is 0.0159. The van der Waals surface area contributed by atoms with Gasteiger partial charge in [-0.1, -0.05) is 20.8 Å². The first-order chi connectivity index (χ1) is 9.43. The van der Waals surface area contributed by atoms with Gasteiger partial charge in [0.05, 0.1) is 6.04 Å². The van der Waals surface area contributed by atoms with Crippen LogP contribution in [0.2, 0.25) is 0 Å². The maximum absolute atomic E-state index is 11.6. The number of carbonyl (C=O) groups excluding carboxylic acids is 1. The molecule has 0 aliphatic carbocycles. The van der Waals surface area contributed by atoms with Crippen molar-refractivity contribution in [3.05, 3.63) is 0 Å². The van der Waals surface area contributed by atoms with Crippen LogP contribution in [0.1, 0.15) is 40.0 Å². The van der Waals surface area contributed by atoms with Crippen molar-refractivity contribution in [2.45, 2.75) is 58.2 Å². The number of rotatable bonds is 2. The molecule has 116 valence electrons. The minimum atomic E-state index is -0.321. The summed E-state index contributed by atoms with van der Waals surface area (Å²) in [7, 11) is 1.61. The van der Waals surface area contributed by atoms with Crippen LogP contribution in [0.3, 0.4) is 0 Å². The predicted molar refractivity (Wildman–Crippen MR) is 77.7 cm³/mol. The van der Waals surface area contributed by atoms with Gasteiger partial charge in [-0.15, -0.1) is 0 Å². The first-order valence-electron chi connectivity index (χ1n) is 7.65. The number of amides is 1. The van der Waals surface area contributed by atoms with E-state index in [1.165, 1.54) is 0 Å². The lowest BCUT2D eigenvalue weighted by atomic mass is 9.83. The second kappa shape index (κ2) is 6.31. The van der Waals surface area contributed by atoms with Gasteiger partial charge in [0.1, 0.15) is 6.10 Å². The number of nitrogens with one attached hydrogen (secondary N) is 1. The quantitative estimate of drug-likeness (QED) is 0.843. The highest BCUT2D eigenvalue weighted by Crippen LogP contribution is 2.37.